The van der Waals surface area contributed by atoms with Gasteiger partial charge in [0.05, 0.1) is 5.69 Å². The Kier molecular flexibility index (Phi) is 3.21. The van der Waals surface area contributed by atoms with Crippen molar-refractivity contribution < 1.29 is 8.42 Å². The molecule has 0 bridgehead atoms. The molecule has 5 nitrogen and oxygen atoms in total. The predicted molar refractivity (Wildman–Crippen MR) is 60.8 cm³/mol. The third-order valence-corrected chi connectivity index (χ3v) is 3.89. The van der Waals surface area contributed by atoms with E-state index < -0.39 is 9.05 Å². The van der Waals surface area contributed by atoms with Crippen LogP contribution >= 0.6 is 10.7 Å². The highest BCUT2D eigenvalue weighted by molar-refractivity contribution is 8.13. The average Bonchev–Trinajstić information content (AvgIpc) is 2.43. The van der Waals surface area contributed by atoms with E-state index in [1.165, 1.54) is 6.42 Å². The number of nitrogens with zero attached hydrogens (tertiary/aromatic N) is 3. The monoisotopic (exact) mass is 263 g/mol. The molecule has 0 unspecified atom stereocenters. The van der Waals surface area contributed by atoms with Crippen LogP contribution in [-0.2, 0) is 21.3 Å². The third kappa shape index (κ3) is 2.38. The highest BCUT2D eigenvalue weighted by Gasteiger charge is 2.28. The molecule has 2 rings (SSSR count). The number of aryl methyl sites for hydroxylation is 1. The fraction of sp³-hybridized carbons (Fsp3) is 0.778. The van der Waals surface area contributed by atoms with Crippen molar-refractivity contribution in [3.8, 4) is 0 Å². The summed E-state index contributed by atoms with van der Waals surface area (Å²) in [6, 6.07) is 0. The van der Waals surface area contributed by atoms with Gasteiger partial charge in [-0.3, -0.25) is 0 Å². The molecule has 1 saturated carbocycles. The van der Waals surface area contributed by atoms with Crippen molar-refractivity contribution in [3.63, 3.8) is 0 Å². The highest BCUT2D eigenvalue weighted by Crippen LogP contribution is 2.37. The van der Waals surface area contributed by atoms with Gasteiger partial charge in [0.2, 0.25) is 9.05 Å². The van der Waals surface area contributed by atoms with Crippen molar-refractivity contribution in [2.75, 3.05) is 0 Å². The van der Waals surface area contributed by atoms with Crippen molar-refractivity contribution in [1.82, 2.24) is 15.0 Å². The molecule has 0 N–H and O–H groups in total. The van der Waals surface area contributed by atoms with E-state index in [0.29, 0.717) is 18.2 Å². The number of rotatable bonds is 4. The first-order chi connectivity index (χ1) is 7.51. The van der Waals surface area contributed by atoms with Gasteiger partial charge in [0.15, 0.2) is 0 Å². The lowest BCUT2D eigenvalue weighted by Gasteiger charge is -2.26. The molecule has 0 saturated heterocycles. The Morgan fingerprint density at radius 1 is 1.50 bits per heavy atom. The van der Waals surface area contributed by atoms with Crippen LogP contribution in [0.15, 0.2) is 0 Å². The molecule has 0 aromatic carbocycles. The van der Waals surface area contributed by atoms with Gasteiger partial charge in [0.1, 0.15) is 11.4 Å². The van der Waals surface area contributed by atoms with Gasteiger partial charge >= 0.3 is 0 Å². The molecule has 90 valence electrons. The third-order valence-electron chi connectivity index (χ3n) is 2.95. The molecule has 1 aromatic rings. The Morgan fingerprint density at radius 2 is 2.19 bits per heavy atom. The summed E-state index contributed by atoms with van der Waals surface area (Å²) in [7, 11) is 1.70. The van der Waals surface area contributed by atoms with Crippen molar-refractivity contribution >= 4 is 19.7 Å². The number of hydrogen-bond acceptors (Lipinski definition) is 4. The van der Waals surface area contributed by atoms with Gasteiger partial charge in [-0.1, -0.05) is 11.6 Å². The fourth-order valence-corrected chi connectivity index (χ4v) is 2.83. The van der Waals surface area contributed by atoms with E-state index in [2.05, 4.69) is 10.3 Å². The normalized spacial score (nSPS) is 17.4. The van der Waals surface area contributed by atoms with E-state index in [9.17, 15) is 8.42 Å². The molecule has 0 amide bonds. The van der Waals surface area contributed by atoms with Crippen LogP contribution in [0.2, 0.25) is 0 Å². The van der Waals surface area contributed by atoms with Crippen LogP contribution in [0.1, 0.15) is 43.5 Å². The summed E-state index contributed by atoms with van der Waals surface area (Å²) in [5.41, 5.74) is 1.47. The Labute approximate surface area is 99.2 Å². The Balaban J connectivity index is 2.33. The summed E-state index contributed by atoms with van der Waals surface area (Å²) in [6.07, 6.45) is 3.36. The average molecular weight is 264 g/mol. The van der Waals surface area contributed by atoms with Gasteiger partial charge in [0, 0.05) is 23.1 Å². The molecular weight excluding hydrogens is 250 g/mol. The van der Waals surface area contributed by atoms with Gasteiger partial charge in [0.25, 0.3) is 0 Å². The molecule has 0 aliphatic heterocycles. The van der Waals surface area contributed by atoms with Crippen LogP contribution in [0.4, 0.5) is 0 Å². The molecule has 0 radical (unpaired) electrons. The van der Waals surface area contributed by atoms with Gasteiger partial charge < -0.3 is 0 Å². The van der Waals surface area contributed by atoms with E-state index >= 15 is 0 Å². The first-order valence-electron chi connectivity index (χ1n) is 5.36. The molecule has 1 heterocycles. The lowest BCUT2D eigenvalue weighted by atomic mass is 9.82. The van der Waals surface area contributed by atoms with Gasteiger partial charge in [-0.2, -0.15) is 0 Å². The van der Waals surface area contributed by atoms with Crippen LogP contribution in [-0.4, -0.2) is 23.4 Å². The van der Waals surface area contributed by atoms with Gasteiger partial charge in [-0.25, -0.2) is 13.1 Å². The van der Waals surface area contributed by atoms with Crippen LogP contribution in [0.25, 0.3) is 0 Å². The molecule has 0 atom stereocenters. The zero-order valence-corrected chi connectivity index (χ0v) is 10.6. The van der Waals surface area contributed by atoms with Crippen molar-refractivity contribution in [2.24, 2.45) is 0 Å². The summed E-state index contributed by atoms with van der Waals surface area (Å²) in [5, 5.41) is 7.89. The maximum Gasteiger partial charge on any atom is 0.238 e. The predicted octanol–water partition coefficient (Wildman–Crippen LogP) is 1.63. The van der Waals surface area contributed by atoms with E-state index in [0.717, 1.165) is 18.5 Å². The molecule has 1 aromatic heterocycles. The van der Waals surface area contributed by atoms with Crippen molar-refractivity contribution in [3.05, 3.63) is 11.4 Å². The second-order valence-corrected chi connectivity index (χ2v) is 6.83. The summed E-state index contributed by atoms with van der Waals surface area (Å²) in [5.74, 6) is 0.184. The van der Waals surface area contributed by atoms with E-state index in [4.69, 9.17) is 10.7 Å². The largest absolute Gasteiger partial charge is 0.249 e. The lowest BCUT2D eigenvalue weighted by Crippen LogP contribution is -2.17. The van der Waals surface area contributed by atoms with Crippen molar-refractivity contribution in [1.29, 1.82) is 0 Å². The number of halogens is 1. The SMILES string of the molecule is CCn1nnc(CS(=O)(=O)Cl)c1C1CCC1. The summed E-state index contributed by atoms with van der Waals surface area (Å²) >= 11 is 0. The Bertz CT molecular complexity index is 479. The first-order valence-corrected chi connectivity index (χ1v) is 7.83. The highest BCUT2D eigenvalue weighted by atomic mass is 35.7. The topological polar surface area (TPSA) is 64.8 Å². The zero-order valence-electron chi connectivity index (χ0n) is 9.06. The minimum absolute atomic E-state index is 0.222. The van der Waals surface area contributed by atoms with Crippen LogP contribution in [0.3, 0.4) is 0 Å². The summed E-state index contributed by atoms with van der Waals surface area (Å²) in [6.45, 7) is 2.68. The molecule has 7 heteroatoms. The van der Waals surface area contributed by atoms with E-state index in [1.54, 1.807) is 4.68 Å². The lowest BCUT2D eigenvalue weighted by molar-refractivity contribution is 0.388. The van der Waals surface area contributed by atoms with Crippen LogP contribution in [0.5, 0.6) is 0 Å². The van der Waals surface area contributed by atoms with Crippen LogP contribution in [0, 0.1) is 0 Å². The van der Waals surface area contributed by atoms with E-state index in [1.807, 2.05) is 6.92 Å². The second kappa shape index (κ2) is 4.33. The molecule has 16 heavy (non-hydrogen) atoms. The summed E-state index contributed by atoms with van der Waals surface area (Å²) < 4.78 is 23.9. The minimum Gasteiger partial charge on any atom is -0.249 e. The standard InChI is InChI=1S/C9H14ClN3O2S/c1-2-13-9(7-4-3-5-7)8(11-12-13)6-16(10,14)15/h7H,2-6H2,1H3. The maximum absolute atomic E-state index is 11.1. The number of hydrogen-bond donors (Lipinski definition) is 0. The Hall–Kier alpha value is -0.620. The van der Waals surface area contributed by atoms with Crippen molar-refractivity contribution in [2.45, 2.75) is 44.4 Å². The maximum atomic E-state index is 11.1. The molecular formula is C9H14ClN3O2S. The fourth-order valence-electron chi connectivity index (χ4n) is 1.98. The summed E-state index contributed by atoms with van der Waals surface area (Å²) in [4.78, 5) is 0. The van der Waals surface area contributed by atoms with Gasteiger partial charge in [-0.05, 0) is 19.8 Å². The van der Waals surface area contributed by atoms with E-state index in [-0.39, 0.29) is 5.75 Å². The second-order valence-electron chi connectivity index (χ2n) is 4.05. The molecule has 1 aliphatic rings. The minimum atomic E-state index is -3.56. The van der Waals surface area contributed by atoms with Gasteiger partial charge in [-0.15, -0.1) is 5.10 Å². The molecule has 1 aliphatic carbocycles. The number of aromatic nitrogens is 3. The van der Waals surface area contributed by atoms with Crippen LogP contribution < -0.4 is 0 Å². The molecule has 0 spiro atoms. The quantitative estimate of drug-likeness (QED) is 0.775. The Morgan fingerprint density at radius 3 is 2.62 bits per heavy atom. The first kappa shape index (κ1) is 11.9. The molecule has 1 fully saturated rings. The zero-order chi connectivity index (χ0) is 11.8. The smallest absolute Gasteiger partial charge is 0.238 e.